The molecular weight excluding hydrogens is 316 g/mol. The number of carbonyl (C=O) groups is 1. The number of benzene rings is 1. The number of nitrogens with zero attached hydrogens (tertiary/aromatic N) is 1. The van der Waals surface area contributed by atoms with Crippen molar-refractivity contribution in [1.82, 2.24) is 4.90 Å². The van der Waals surface area contributed by atoms with Gasteiger partial charge in [-0.3, -0.25) is 9.69 Å². The molecule has 20 heavy (non-hydrogen) atoms. The first-order valence-electron chi connectivity index (χ1n) is 7.45. The zero-order chi connectivity index (χ0) is 14.2. The van der Waals surface area contributed by atoms with Crippen LogP contribution in [-0.4, -0.2) is 29.2 Å². The van der Waals surface area contributed by atoms with E-state index in [9.17, 15) is 4.79 Å². The zero-order valence-electron chi connectivity index (χ0n) is 11.9. The van der Waals surface area contributed by atoms with Gasteiger partial charge in [-0.2, -0.15) is 0 Å². The lowest BCUT2D eigenvalue weighted by molar-refractivity contribution is -0.116. The van der Waals surface area contributed by atoms with Gasteiger partial charge in [-0.05, 0) is 50.4 Å². The van der Waals surface area contributed by atoms with Crippen molar-refractivity contribution in [3.63, 3.8) is 0 Å². The van der Waals surface area contributed by atoms with Gasteiger partial charge in [-0.25, -0.2) is 0 Å². The molecule has 0 bridgehead atoms. The van der Waals surface area contributed by atoms with Crippen LogP contribution in [0.25, 0.3) is 0 Å². The number of nitrogens with one attached hydrogen (secondary N) is 1. The fourth-order valence-electron chi connectivity index (χ4n) is 2.55. The molecule has 0 aromatic heterocycles. The van der Waals surface area contributed by atoms with Crippen molar-refractivity contribution in [2.45, 2.75) is 38.6 Å². The fraction of sp³-hybridized carbons (Fsp3) is 0.562. The average molecular weight is 339 g/mol. The minimum Gasteiger partial charge on any atom is -0.326 e. The number of halogens is 1. The quantitative estimate of drug-likeness (QED) is 0.606. The van der Waals surface area contributed by atoms with Gasteiger partial charge in [0, 0.05) is 24.0 Å². The Morgan fingerprint density at radius 3 is 2.70 bits per heavy atom. The number of carbonyl (C=O) groups excluding carboxylic acids is 1. The number of amides is 1. The summed E-state index contributed by atoms with van der Waals surface area (Å²) >= 11 is 3.39. The molecule has 4 heteroatoms. The van der Waals surface area contributed by atoms with Gasteiger partial charge in [-0.15, -0.1) is 0 Å². The molecule has 1 aliphatic heterocycles. The number of anilines is 1. The second-order valence-corrected chi connectivity index (χ2v) is 6.13. The van der Waals surface area contributed by atoms with Crippen LogP contribution in [0.1, 0.15) is 37.7 Å². The van der Waals surface area contributed by atoms with Crippen molar-refractivity contribution in [3.05, 3.63) is 29.8 Å². The van der Waals surface area contributed by atoms with Crippen LogP contribution in [-0.2, 0) is 11.3 Å². The molecule has 0 aliphatic carbocycles. The van der Waals surface area contributed by atoms with Crippen molar-refractivity contribution in [3.8, 4) is 0 Å². The first-order valence-corrected chi connectivity index (χ1v) is 8.58. The second-order valence-electron chi connectivity index (χ2n) is 5.33. The highest BCUT2D eigenvalue weighted by Gasteiger charge is 2.14. The largest absolute Gasteiger partial charge is 0.326 e. The number of alkyl halides is 1. The summed E-state index contributed by atoms with van der Waals surface area (Å²) in [6.07, 6.45) is 5.17. The van der Waals surface area contributed by atoms with Crippen LogP contribution >= 0.6 is 15.9 Å². The molecule has 1 aromatic rings. The SMILES string of the molecule is O=C(CCCCBr)Nc1ccccc1CN1CCCC1. The summed E-state index contributed by atoms with van der Waals surface area (Å²) in [6.45, 7) is 3.29. The first-order chi connectivity index (χ1) is 9.79. The number of para-hydroxylation sites is 1. The van der Waals surface area contributed by atoms with Gasteiger partial charge in [-0.1, -0.05) is 34.1 Å². The van der Waals surface area contributed by atoms with Gasteiger partial charge in [0.2, 0.25) is 5.91 Å². The van der Waals surface area contributed by atoms with Crippen LogP contribution in [0.15, 0.2) is 24.3 Å². The van der Waals surface area contributed by atoms with Crippen LogP contribution in [0, 0.1) is 0 Å². The molecule has 1 N–H and O–H groups in total. The van der Waals surface area contributed by atoms with Crippen molar-refractivity contribution < 1.29 is 4.79 Å². The highest BCUT2D eigenvalue weighted by molar-refractivity contribution is 9.09. The highest BCUT2D eigenvalue weighted by atomic mass is 79.9. The molecule has 110 valence electrons. The third-order valence-electron chi connectivity index (χ3n) is 3.67. The Labute approximate surface area is 129 Å². The van der Waals surface area contributed by atoms with Gasteiger partial charge >= 0.3 is 0 Å². The fourth-order valence-corrected chi connectivity index (χ4v) is 2.95. The van der Waals surface area contributed by atoms with Crippen molar-refractivity contribution in [2.75, 3.05) is 23.7 Å². The molecule has 2 rings (SSSR count). The lowest BCUT2D eigenvalue weighted by atomic mass is 10.1. The molecule has 1 aromatic carbocycles. The minimum absolute atomic E-state index is 0.125. The van der Waals surface area contributed by atoms with E-state index in [2.05, 4.69) is 32.2 Å². The maximum Gasteiger partial charge on any atom is 0.224 e. The summed E-state index contributed by atoms with van der Waals surface area (Å²) in [5.41, 5.74) is 2.20. The highest BCUT2D eigenvalue weighted by Crippen LogP contribution is 2.20. The molecule has 0 spiro atoms. The van der Waals surface area contributed by atoms with Gasteiger partial charge < -0.3 is 5.32 Å². The van der Waals surface area contributed by atoms with E-state index in [1.807, 2.05) is 18.2 Å². The summed E-state index contributed by atoms with van der Waals surface area (Å²) in [4.78, 5) is 14.4. The molecule has 3 nitrogen and oxygen atoms in total. The Balaban J connectivity index is 1.91. The van der Waals surface area contributed by atoms with E-state index in [0.29, 0.717) is 6.42 Å². The molecule has 1 saturated heterocycles. The number of hydrogen-bond donors (Lipinski definition) is 1. The Morgan fingerprint density at radius 2 is 1.95 bits per heavy atom. The van der Waals surface area contributed by atoms with Crippen LogP contribution in [0.4, 0.5) is 5.69 Å². The van der Waals surface area contributed by atoms with E-state index in [1.165, 1.54) is 31.5 Å². The number of rotatable bonds is 7. The van der Waals surface area contributed by atoms with Gasteiger partial charge in [0.25, 0.3) is 0 Å². The van der Waals surface area contributed by atoms with E-state index in [0.717, 1.165) is 30.4 Å². The lowest BCUT2D eigenvalue weighted by Crippen LogP contribution is -2.20. The van der Waals surface area contributed by atoms with Crippen LogP contribution in [0.3, 0.4) is 0 Å². The minimum atomic E-state index is 0.125. The molecular formula is C16H23BrN2O. The molecule has 1 fully saturated rings. The van der Waals surface area contributed by atoms with Crippen LogP contribution in [0.5, 0.6) is 0 Å². The molecule has 0 atom stereocenters. The predicted octanol–water partition coefficient (Wildman–Crippen LogP) is 3.79. The normalized spacial score (nSPS) is 15.4. The van der Waals surface area contributed by atoms with Gasteiger partial charge in [0.05, 0.1) is 0 Å². The average Bonchev–Trinajstić information content (AvgIpc) is 2.94. The van der Waals surface area contributed by atoms with E-state index >= 15 is 0 Å². The number of hydrogen-bond acceptors (Lipinski definition) is 2. The Hall–Kier alpha value is -0.870. The number of likely N-dealkylation sites (tertiary alicyclic amines) is 1. The Kier molecular flexibility index (Phi) is 6.54. The van der Waals surface area contributed by atoms with Crippen molar-refractivity contribution in [1.29, 1.82) is 0 Å². The molecule has 0 saturated carbocycles. The standard InChI is InChI=1S/C16H23BrN2O/c17-10-4-3-9-16(20)18-15-8-2-1-7-14(15)13-19-11-5-6-12-19/h1-2,7-8H,3-6,9-13H2,(H,18,20). The Morgan fingerprint density at radius 1 is 1.20 bits per heavy atom. The van der Waals surface area contributed by atoms with E-state index < -0.39 is 0 Å². The summed E-state index contributed by atoms with van der Waals surface area (Å²) in [5, 5.41) is 4.03. The summed E-state index contributed by atoms with van der Waals surface area (Å²) in [6, 6.07) is 8.16. The zero-order valence-corrected chi connectivity index (χ0v) is 13.5. The predicted molar refractivity (Wildman–Crippen MR) is 87.2 cm³/mol. The first kappa shape index (κ1) is 15.5. The van der Waals surface area contributed by atoms with Crippen molar-refractivity contribution >= 4 is 27.5 Å². The monoisotopic (exact) mass is 338 g/mol. The maximum absolute atomic E-state index is 11.9. The Bertz CT molecular complexity index is 430. The lowest BCUT2D eigenvalue weighted by Gasteiger charge is -2.17. The summed E-state index contributed by atoms with van der Waals surface area (Å²) in [7, 11) is 0. The third-order valence-corrected chi connectivity index (χ3v) is 4.23. The van der Waals surface area contributed by atoms with E-state index in [1.54, 1.807) is 0 Å². The molecule has 0 unspecified atom stereocenters. The maximum atomic E-state index is 11.9. The topological polar surface area (TPSA) is 32.3 Å². The van der Waals surface area contributed by atoms with Crippen molar-refractivity contribution in [2.24, 2.45) is 0 Å². The molecule has 1 aliphatic rings. The molecule has 1 heterocycles. The van der Waals surface area contributed by atoms with Gasteiger partial charge in [0.15, 0.2) is 0 Å². The number of unbranched alkanes of at least 4 members (excludes halogenated alkanes) is 1. The smallest absolute Gasteiger partial charge is 0.224 e. The van der Waals surface area contributed by atoms with Crippen LogP contribution < -0.4 is 5.32 Å². The van der Waals surface area contributed by atoms with E-state index in [4.69, 9.17) is 0 Å². The summed E-state index contributed by atoms with van der Waals surface area (Å²) in [5.74, 6) is 0.125. The molecule has 1 amide bonds. The second kappa shape index (κ2) is 8.42. The summed E-state index contributed by atoms with van der Waals surface area (Å²) < 4.78 is 0. The van der Waals surface area contributed by atoms with Gasteiger partial charge in [0.1, 0.15) is 0 Å². The van der Waals surface area contributed by atoms with E-state index in [-0.39, 0.29) is 5.91 Å². The van der Waals surface area contributed by atoms with Crippen LogP contribution in [0.2, 0.25) is 0 Å². The molecule has 0 radical (unpaired) electrons. The third kappa shape index (κ3) is 4.91.